The van der Waals surface area contributed by atoms with E-state index in [-0.39, 0.29) is 4.90 Å². The summed E-state index contributed by atoms with van der Waals surface area (Å²) in [5.74, 6) is -3.50. The standard InChI is InChI=1S/C11H13F3O3S/c1-3-11(14,10(12)13)17-18(15,16)9-6-4-8(2)5-7-9/h4-7,10H,3H2,1-2H3. The molecule has 0 aliphatic carbocycles. The van der Waals surface area contributed by atoms with Crippen molar-refractivity contribution >= 4 is 10.1 Å². The molecule has 0 amide bonds. The van der Waals surface area contributed by atoms with Gasteiger partial charge in [0.05, 0.1) is 4.90 Å². The van der Waals surface area contributed by atoms with E-state index in [4.69, 9.17) is 0 Å². The highest BCUT2D eigenvalue weighted by Crippen LogP contribution is 2.30. The van der Waals surface area contributed by atoms with Crippen molar-refractivity contribution in [1.82, 2.24) is 0 Å². The average Bonchev–Trinajstić information content (AvgIpc) is 2.28. The van der Waals surface area contributed by atoms with E-state index in [1.165, 1.54) is 24.3 Å². The summed E-state index contributed by atoms with van der Waals surface area (Å²) < 4.78 is 65.7. The first-order valence-electron chi connectivity index (χ1n) is 5.20. The van der Waals surface area contributed by atoms with Crippen molar-refractivity contribution in [2.45, 2.75) is 37.4 Å². The van der Waals surface area contributed by atoms with Crippen LogP contribution in [0, 0.1) is 6.92 Å². The van der Waals surface area contributed by atoms with Gasteiger partial charge in [0.15, 0.2) is 0 Å². The smallest absolute Gasteiger partial charge is 0.220 e. The lowest BCUT2D eigenvalue weighted by Gasteiger charge is -2.22. The molecule has 1 aromatic rings. The van der Waals surface area contributed by atoms with Gasteiger partial charge in [-0.1, -0.05) is 24.6 Å². The number of benzene rings is 1. The molecule has 0 bridgehead atoms. The molecule has 18 heavy (non-hydrogen) atoms. The van der Waals surface area contributed by atoms with Gasteiger partial charge in [-0.25, -0.2) is 17.4 Å². The molecule has 0 saturated carbocycles. The van der Waals surface area contributed by atoms with Crippen LogP contribution in [-0.2, 0) is 14.3 Å². The minimum absolute atomic E-state index is 0.357. The number of aryl methyl sites for hydroxylation is 1. The van der Waals surface area contributed by atoms with Crippen LogP contribution in [0.4, 0.5) is 13.2 Å². The van der Waals surface area contributed by atoms with E-state index in [0.29, 0.717) is 0 Å². The predicted molar refractivity (Wildman–Crippen MR) is 59.6 cm³/mol. The molecule has 0 aliphatic rings. The van der Waals surface area contributed by atoms with Gasteiger partial charge in [0.25, 0.3) is 22.4 Å². The van der Waals surface area contributed by atoms with E-state index in [1.807, 2.05) is 0 Å². The molecule has 0 N–H and O–H groups in total. The second kappa shape index (κ2) is 5.27. The molecular weight excluding hydrogens is 269 g/mol. The summed E-state index contributed by atoms with van der Waals surface area (Å²) in [6.45, 7) is 2.80. The van der Waals surface area contributed by atoms with Crippen molar-refractivity contribution in [2.75, 3.05) is 0 Å². The fraction of sp³-hybridized carbons (Fsp3) is 0.455. The maximum Gasteiger partial charge on any atom is 0.300 e. The van der Waals surface area contributed by atoms with Gasteiger partial charge < -0.3 is 0 Å². The zero-order valence-electron chi connectivity index (χ0n) is 9.86. The maximum absolute atomic E-state index is 13.6. The highest BCUT2D eigenvalue weighted by molar-refractivity contribution is 7.86. The third-order valence-corrected chi connectivity index (χ3v) is 3.71. The Labute approximate surface area is 104 Å². The maximum atomic E-state index is 13.6. The van der Waals surface area contributed by atoms with Gasteiger partial charge in [-0.2, -0.15) is 8.42 Å². The molecule has 0 heterocycles. The fourth-order valence-corrected chi connectivity index (χ4v) is 2.31. The van der Waals surface area contributed by atoms with Crippen molar-refractivity contribution in [3.05, 3.63) is 29.8 Å². The topological polar surface area (TPSA) is 43.4 Å². The third kappa shape index (κ3) is 3.23. The predicted octanol–water partition coefficient (Wildman–Crippen LogP) is 3.04. The summed E-state index contributed by atoms with van der Waals surface area (Å²) >= 11 is 0. The summed E-state index contributed by atoms with van der Waals surface area (Å²) in [4.78, 5) is -0.357. The van der Waals surface area contributed by atoms with Crippen LogP contribution in [0.1, 0.15) is 18.9 Å². The van der Waals surface area contributed by atoms with Crippen LogP contribution in [-0.4, -0.2) is 20.7 Å². The monoisotopic (exact) mass is 282 g/mol. The lowest BCUT2D eigenvalue weighted by atomic mass is 10.2. The molecule has 1 rings (SSSR count). The van der Waals surface area contributed by atoms with Gasteiger partial charge in [-0.15, -0.1) is 0 Å². The van der Waals surface area contributed by atoms with E-state index >= 15 is 0 Å². The molecule has 0 spiro atoms. The summed E-state index contributed by atoms with van der Waals surface area (Å²) in [6, 6.07) is 5.27. The molecular formula is C11H13F3O3S. The fourth-order valence-electron chi connectivity index (χ4n) is 1.19. The van der Waals surface area contributed by atoms with E-state index in [9.17, 15) is 21.6 Å². The molecule has 0 fully saturated rings. The number of alkyl halides is 3. The Morgan fingerprint density at radius 3 is 2.17 bits per heavy atom. The first-order valence-corrected chi connectivity index (χ1v) is 6.61. The van der Waals surface area contributed by atoms with Crippen molar-refractivity contribution in [2.24, 2.45) is 0 Å². The van der Waals surface area contributed by atoms with Gasteiger partial charge in [-0.05, 0) is 19.1 Å². The summed E-state index contributed by atoms with van der Waals surface area (Å²) in [5.41, 5.74) is 0.782. The zero-order chi connectivity index (χ0) is 14.0. The average molecular weight is 282 g/mol. The lowest BCUT2D eigenvalue weighted by Crippen LogP contribution is -2.37. The molecule has 3 nitrogen and oxygen atoms in total. The second-order valence-corrected chi connectivity index (χ2v) is 5.34. The summed E-state index contributed by atoms with van der Waals surface area (Å²) in [6.07, 6.45) is -4.31. The Morgan fingerprint density at radius 1 is 1.28 bits per heavy atom. The van der Waals surface area contributed by atoms with E-state index in [2.05, 4.69) is 4.18 Å². The van der Waals surface area contributed by atoms with Crippen LogP contribution in [0.3, 0.4) is 0 Å². The van der Waals surface area contributed by atoms with Gasteiger partial charge in [0.1, 0.15) is 0 Å². The Hall–Kier alpha value is -1.08. The number of hydrogen-bond acceptors (Lipinski definition) is 3. The van der Waals surface area contributed by atoms with Gasteiger partial charge in [0.2, 0.25) is 0 Å². The third-order valence-electron chi connectivity index (χ3n) is 2.37. The minimum atomic E-state index is -4.55. The summed E-state index contributed by atoms with van der Waals surface area (Å²) in [7, 11) is -4.55. The minimum Gasteiger partial charge on any atom is -0.220 e. The zero-order valence-corrected chi connectivity index (χ0v) is 10.7. The number of halogens is 3. The Bertz CT molecular complexity index is 499. The van der Waals surface area contributed by atoms with Crippen LogP contribution in [0.5, 0.6) is 0 Å². The molecule has 7 heteroatoms. The molecule has 0 aromatic heterocycles. The molecule has 0 aliphatic heterocycles. The van der Waals surface area contributed by atoms with Crippen molar-refractivity contribution in [3.8, 4) is 0 Å². The first-order chi connectivity index (χ1) is 8.21. The van der Waals surface area contributed by atoms with Gasteiger partial charge in [0, 0.05) is 6.42 Å². The molecule has 1 unspecified atom stereocenters. The van der Waals surface area contributed by atoms with E-state index in [1.54, 1.807) is 6.92 Å². The van der Waals surface area contributed by atoms with E-state index in [0.717, 1.165) is 12.5 Å². The largest absolute Gasteiger partial charge is 0.300 e. The normalized spacial score (nSPS) is 15.7. The molecule has 1 aromatic carbocycles. The van der Waals surface area contributed by atoms with Crippen LogP contribution >= 0.6 is 0 Å². The number of rotatable bonds is 5. The Balaban J connectivity index is 3.05. The van der Waals surface area contributed by atoms with Crippen molar-refractivity contribution in [1.29, 1.82) is 0 Å². The molecule has 0 radical (unpaired) electrons. The second-order valence-electron chi connectivity index (χ2n) is 3.79. The van der Waals surface area contributed by atoms with Crippen molar-refractivity contribution in [3.63, 3.8) is 0 Å². The van der Waals surface area contributed by atoms with Crippen LogP contribution < -0.4 is 0 Å². The lowest BCUT2D eigenvalue weighted by molar-refractivity contribution is -0.164. The van der Waals surface area contributed by atoms with Gasteiger partial charge >= 0.3 is 0 Å². The van der Waals surface area contributed by atoms with E-state index < -0.39 is 28.8 Å². The van der Waals surface area contributed by atoms with Crippen LogP contribution in [0.15, 0.2) is 29.2 Å². The Kier molecular flexibility index (Phi) is 4.39. The first kappa shape index (κ1) is 15.0. The molecule has 1 atom stereocenters. The van der Waals surface area contributed by atoms with Gasteiger partial charge in [-0.3, -0.25) is 0 Å². The highest BCUT2D eigenvalue weighted by atomic mass is 32.2. The Morgan fingerprint density at radius 2 is 1.78 bits per heavy atom. The SMILES string of the molecule is CCC(F)(OS(=O)(=O)c1ccc(C)cc1)C(F)F. The molecule has 102 valence electrons. The summed E-state index contributed by atoms with van der Waals surface area (Å²) in [5, 5.41) is 0. The quantitative estimate of drug-likeness (QED) is 0.780. The van der Waals surface area contributed by atoms with Crippen molar-refractivity contribution < 1.29 is 25.8 Å². The van der Waals surface area contributed by atoms with Crippen LogP contribution in [0.2, 0.25) is 0 Å². The van der Waals surface area contributed by atoms with Crippen LogP contribution in [0.25, 0.3) is 0 Å². The highest BCUT2D eigenvalue weighted by Gasteiger charge is 2.44. The molecule has 0 saturated heterocycles. The number of hydrogen-bond donors (Lipinski definition) is 0.